The van der Waals surface area contributed by atoms with Crippen LogP contribution < -0.4 is 10.4 Å². The van der Waals surface area contributed by atoms with Crippen molar-refractivity contribution in [3.8, 4) is 5.75 Å². The van der Waals surface area contributed by atoms with Crippen LogP contribution in [-0.2, 0) is 13.0 Å². The quantitative estimate of drug-likeness (QED) is 0.376. The zero-order valence-corrected chi connectivity index (χ0v) is 16.5. The Labute approximate surface area is 172 Å². The summed E-state index contributed by atoms with van der Waals surface area (Å²) in [4.78, 5) is 12.6. The van der Waals surface area contributed by atoms with Gasteiger partial charge in [0.1, 0.15) is 23.8 Å². The van der Waals surface area contributed by atoms with Crippen molar-refractivity contribution in [1.29, 1.82) is 0 Å². The number of benzene rings is 3. The Hall–Kier alpha value is -3.11. The molecule has 146 valence electrons. The largest absolute Gasteiger partial charge is 0.489 e. The van der Waals surface area contributed by atoms with Crippen LogP contribution in [0.5, 0.6) is 5.75 Å². The van der Waals surface area contributed by atoms with Crippen LogP contribution in [0.4, 0.5) is 4.39 Å². The molecule has 0 saturated carbocycles. The van der Waals surface area contributed by atoms with Crippen molar-refractivity contribution in [3.05, 3.63) is 110 Å². The van der Waals surface area contributed by atoms with E-state index in [1.54, 1.807) is 24.3 Å². The van der Waals surface area contributed by atoms with E-state index < -0.39 is 5.82 Å². The monoisotopic (exact) mass is 408 g/mol. The second-order valence-corrected chi connectivity index (χ2v) is 7.21. The summed E-state index contributed by atoms with van der Waals surface area (Å²) in [6.07, 6.45) is 0.509. The first kappa shape index (κ1) is 19.2. The number of fused-ring (bicyclic) bond motifs is 1. The molecule has 4 aromatic rings. The van der Waals surface area contributed by atoms with Gasteiger partial charge < -0.3 is 9.15 Å². The zero-order valence-electron chi connectivity index (χ0n) is 15.7. The highest BCUT2D eigenvalue weighted by Gasteiger charge is 2.13. The predicted octanol–water partition coefficient (Wildman–Crippen LogP) is 6.06. The highest BCUT2D eigenvalue weighted by Crippen LogP contribution is 2.27. The van der Waals surface area contributed by atoms with Gasteiger partial charge in [0.15, 0.2) is 0 Å². The third kappa shape index (κ3) is 4.03. The van der Waals surface area contributed by atoms with E-state index in [-0.39, 0.29) is 17.8 Å². The third-order valence-corrected chi connectivity index (χ3v) is 5.28. The fraction of sp³-hybridized carbons (Fsp3) is 0.125. The Kier molecular flexibility index (Phi) is 5.36. The summed E-state index contributed by atoms with van der Waals surface area (Å²) in [7, 11) is 0. The number of hydrogen-bond donors (Lipinski definition) is 0. The molecule has 29 heavy (non-hydrogen) atoms. The van der Waals surface area contributed by atoms with Crippen molar-refractivity contribution in [2.75, 3.05) is 0 Å². The first-order valence-electron chi connectivity index (χ1n) is 9.19. The summed E-state index contributed by atoms with van der Waals surface area (Å²) in [6, 6.07) is 19.5. The molecule has 4 rings (SSSR count). The van der Waals surface area contributed by atoms with Crippen molar-refractivity contribution in [1.82, 2.24) is 0 Å². The average Bonchev–Trinajstić information content (AvgIpc) is 2.71. The van der Waals surface area contributed by atoms with Gasteiger partial charge in [0, 0.05) is 29.0 Å². The van der Waals surface area contributed by atoms with E-state index in [0.29, 0.717) is 28.3 Å². The lowest BCUT2D eigenvalue weighted by molar-refractivity contribution is 0.300. The molecule has 0 unspecified atom stereocenters. The number of hydrogen-bond acceptors (Lipinski definition) is 3. The van der Waals surface area contributed by atoms with Crippen LogP contribution in [0.25, 0.3) is 11.0 Å². The summed E-state index contributed by atoms with van der Waals surface area (Å²) in [6.45, 7) is 1.89. The molecule has 0 aliphatic carbocycles. The molecule has 0 aliphatic heterocycles. The molecule has 5 heteroatoms. The molecule has 1 aromatic heterocycles. The Morgan fingerprint density at radius 3 is 2.55 bits per heavy atom. The van der Waals surface area contributed by atoms with E-state index in [4.69, 9.17) is 20.8 Å². The minimum absolute atomic E-state index is 0.0215. The SMILES string of the molecule is Cc1c(Cc2ccccc2)c(=O)oc2cc(OCc3c(F)cccc3Cl)ccc12. The molecule has 0 saturated heterocycles. The van der Waals surface area contributed by atoms with E-state index in [0.717, 1.165) is 16.5 Å². The second kappa shape index (κ2) is 8.10. The summed E-state index contributed by atoms with van der Waals surface area (Å²) in [5.74, 6) is 0.0430. The molecule has 1 heterocycles. The normalized spacial score (nSPS) is 11.0. The van der Waals surface area contributed by atoms with Gasteiger partial charge in [-0.25, -0.2) is 9.18 Å². The van der Waals surface area contributed by atoms with Gasteiger partial charge in [0.25, 0.3) is 0 Å². The van der Waals surface area contributed by atoms with Crippen LogP contribution in [0.2, 0.25) is 5.02 Å². The summed E-state index contributed by atoms with van der Waals surface area (Å²) < 4.78 is 25.1. The first-order valence-corrected chi connectivity index (χ1v) is 9.56. The van der Waals surface area contributed by atoms with Gasteiger partial charge in [-0.15, -0.1) is 0 Å². The Bertz CT molecular complexity index is 1210. The van der Waals surface area contributed by atoms with Gasteiger partial charge >= 0.3 is 5.63 Å². The molecule has 0 aliphatic rings. The van der Waals surface area contributed by atoms with Crippen LogP contribution >= 0.6 is 11.6 Å². The number of rotatable bonds is 5. The molecule has 3 nitrogen and oxygen atoms in total. The third-order valence-electron chi connectivity index (χ3n) is 4.93. The number of ether oxygens (including phenoxy) is 1. The summed E-state index contributed by atoms with van der Waals surface area (Å²) >= 11 is 6.04. The molecule has 0 radical (unpaired) electrons. The van der Waals surface area contributed by atoms with Gasteiger partial charge in [-0.2, -0.15) is 0 Å². The molecule has 0 amide bonds. The van der Waals surface area contributed by atoms with Gasteiger partial charge in [0.2, 0.25) is 0 Å². The zero-order chi connectivity index (χ0) is 20.4. The van der Waals surface area contributed by atoms with Crippen LogP contribution in [0.1, 0.15) is 22.3 Å². The lowest BCUT2D eigenvalue weighted by Gasteiger charge is -2.11. The van der Waals surface area contributed by atoms with Crippen LogP contribution in [0.3, 0.4) is 0 Å². The van der Waals surface area contributed by atoms with Crippen LogP contribution in [0.15, 0.2) is 75.9 Å². The van der Waals surface area contributed by atoms with Crippen molar-refractivity contribution >= 4 is 22.6 Å². The minimum atomic E-state index is -0.425. The Morgan fingerprint density at radius 1 is 1.00 bits per heavy atom. The molecular weight excluding hydrogens is 391 g/mol. The Balaban J connectivity index is 1.63. The maximum Gasteiger partial charge on any atom is 0.340 e. The van der Waals surface area contributed by atoms with E-state index >= 15 is 0 Å². The maximum atomic E-state index is 13.9. The predicted molar refractivity (Wildman–Crippen MR) is 112 cm³/mol. The van der Waals surface area contributed by atoms with Gasteiger partial charge in [-0.1, -0.05) is 48.0 Å². The molecule has 0 bridgehead atoms. The van der Waals surface area contributed by atoms with Crippen molar-refractivity contribution < 1.29 is 13.5 Å². The van der Waals surface area contributed by atoms with E-state index in [1.807, 2.05) is 43.3 Å². The van der Waals surface area contributed by atoms with E-state index in [1.165, 1.54) is 6.07 Å². The maximum absolute atomic E-state index is 13.9. The smallest absolute Gasteiger partial charge is 0.340 e. The molecule has 0 N–H and O–H groups in total. The second-order valence-electron chi connectivity index (χ2n) is 6.80. The first-order chi connectivity index (χ1) is 14.0. The molecule has 0 fully saturated rings. The Morgan fingerprint density at radius 2 is 1.79 bits per heavy atom. The summed E-state index contributed by atoms with van der Waals surface area (Å²) in [5, 5.41) is 1.14. The lowest BCUT2D eigenvalue weighted by Crippen LogP contribution is -2.11. The topological polar surface area (TPSA) is 39.4 Å². The van der Waals surface area contributed by atoms with Gasteiger partial charge in [0.05, 0.1) is 5.02 Å². The number of aryl methyl sites for hydroxylation is 1. The molecular formula is C24H18ClFO3. The van der Waals surface area contributed by atoms with Crippen molar-refractivity contribution in [2.45, 2.75) is 20.0 Å². The van der Waals surface area contributed by atoms with Crippen LogP contribution in [0, 0.1) is 12.7 Å². The molecule has 3 aromatic carbocycles. The molecule has 0 atom stereocenters. The fourth-order valence-electron chi connectivity index (χ4n) is 3.29. The van der Waals surface area contributed by atoms with Gasteiger partial charge in [-0.05, 0) is 42.3 Å². The van der Waals surface area contributed by atoms with Gasteiger partial charge in [-0.3, -0.25) is 0 Å². The highest BCUT2D eigenvalue weighted by molar-refractivity contribution is 6.31. The minimum Gasteiger partial charge on any atom is -0.489 e. The summed E-state index contributed by atoms with van der Waals surface area (Å²) in [5.41, 5.74) is 2.91. The van der Waals surface area contributed by atoms with E-state index in [9.17, 15) is 9.18 Å². The van der Waals surface area contributed by atoms with Crippen molar-refractivity contribution in [3.63, 3.8) is 0 Å². The fourth-order valence-corrected chi connectivity index (χ4v) is 3.51. The highest BCUT2D eigenvalue weighted by atomic mass is 35.5. The standard InChI is InChI=1S/C24H18ClFO3/c1-15-18-11-10-17(28-14-20-21(25)8-5-9-22(20)26)13-23(18)29-24(27)19(15)12-16-6-3-2-4-7-16/h2-11,13H,12,14H2,1H3. The number of halogens is 2. The lowest BCUT2D eigenvalue weighted by atomic mass is 10.00. The van der Waals surface area contributed by atoms with Crippen LogP contribution in [-0.4, -0.2) is 0 Å². The van der Waals surface area contributed by atoms with E-state index in [2.05, 4.69) is 0 Å². The van der Waals surface area contributed by atoms with Crippen molar-refractivity contribution in [2.24, 2.45) is 0 Å². The average molecular weight is 409 g/mol. The molecule has 0 spiro atoms.